The summed E-state index contributed by atoms with van der Waals surface area (Å²) in [5.74, 6) is 0.207. The highest BCUT2D eigenvalue weighted by molar-refractivity contribution is 6.30. The van der Waals surface area contributed by atoms with E-state index in [1.165, 1.54) is 10.6 Å². The minimum Gasteiger partial charge on any atom is -0.508 e. The number of phenolic OH excluding ortho intramolecular Hbond substituents is 1. The first-order valence-electron chi connectivity index (χ1n) is 4.76. The number of benzene rings is 1. The van der Waals surface area contributed by atoms with Crippen molar-refractivity contribution in [2.24, 2.45) is 0 Å². The lowest BCUT2D eigenvalue weighted by atomic mass is 10.2. The third-order valence-electron chi connectivity index (χ3n) is 2.33. The van der Waals surface area contributed by atoms with E-state index in [9.17, 15) is 9.90 Å². The molecule has 0 amide bonds. The van der Waals surface area contributed by atoms with Gasteiger partial charge in [0.2, 0.25) is 0 Å². The predicted molar refractivity (Wildman–Crippen MR) is 63.5 cm³/mol. The van der Waals surface area contributed by atoms with Gasteiger partial charge >= 0.3 is 0 Å². The van der Waals surface area contributed by atoms with Crippen molar-refractivity contribution in [1.82, 2.24) is 4.57 Å². The summed E-state index contributed by atoms with van der Waals surface area (Å²) in [6, 6.07) is 7.91. The van der Waals surface area contributed by atoms with Crippen LogP contribution in [0.5, 0.6) is 5.75 Å². The second-order valence-electron chi connectivity index (χ2n) is 3.53. The maximum absolute atomic E-state index is 11.6. The van der Waals surface area contributed by atoms with Crippen LogP contribution >= 0.6 is 11.6 Å². The van der Waals surface area contributed by atoms with Crippen LogP contribution in [-0.4, -0.2) is 9.67 Å². The Morgan fingerprint density at radius 3 is 2.69 bits per heavy atom. The molecule has 82 valence electrons. The average molecular weight is 236 g/mol. The van der Waals surface area contributed by atoms with Crippen LogP contribution in [0.1, 0.15) is 5.56 Å². The smallest absolute Gasteiger partial charge is 0.255 e. The molecule has 0 bridgehead atoms. The van der Waals surface area contributed by atoms with E-state index >= 15 is 0 Å². The number of aryl methyl sites for hydroxylation is 1. The summed E-state index contributed by atoms with van der Waals surface area (Å²) in [6.45, 7) is 1.77. The van der Waals surface area contributed by atoms with Crippen molar-refractivity contribution in [3.05, 3.63) is 57.5 Å². The van der Waals surface area contributed by atoms with Crippen molar-refractivity contribution in [3.8, 4) is 11.4 Å². The molecular weight excluding hydrogens is 226 g/mol. The lowest BCUT2D eigenvalue weighted by molar-refractivity contribution is 0.471. The quantitative estimate of drug-likeness (QED) is 0.825. The van der Waals surface area contributed by atoms with E-state index in [0.29, 0.717) is 16.3 Å². The van der Waals surface area contributed by atoms with Crippen LogP contribution in [0.3, 0.4) is 0 Å². The minimum absolute atomic E-state index is 0.158. The fourth-order valence-corrected chi connectivity index (χ4v) is 1.61. The highest BCUT2D eigenvalue weighted by Crippen LogP contribution is 2.19. The molecule has 0 spiro atoms. The molecule has 0 unspecified atom stereocenters. The van der Waals surface area contributed by atoms with Gasteiger partial charge in [0.15, 0.2) is 0 Å². The zero-order chi connectivity index (χ0) is 11.7. The van der Waals surface area contributed by atoms with E-state index in [0.717, 1.165) is 0 Å². The van der Waals surface area contributed by atoms with Gasteiger partial charge in [-0.15, -0.1) is 0 Å². The highest BCUT2D eigenvalue weighted by Gasteiger charge is 2.02. The number of hydrogen-bond acceptors (Lipinski definition) is 2. The van der Waals surface area contributed by atoms with Gasteiger partial charge in [0, 0.05) is 18.0 Å². The fraction of sp³-hybridized carbons (Fsp3) is 0.0833. The summed E-state index contributed by atoms with van der Waals surface area (Å²) in [5.41, 5.74) is 1.24. The largest absolute Gasteiger partial charge is 0.508 e. The van der Waals surface area contributed by atoms with Crippen LogP contribution in [0.4, 0.5) is 0 Å². The predicted octanol–water partition coefficient (Wildman–Crippen LogP) is 2.50. The van der Waals surface area contributed by atoms with E-state index < -0.39 is 0 Å². The third-order valence-corrected chi connectivity index (χ3v) is 2.56. The van der Waals surface area contributed by atoms with Crippen molar-refractivity contribution in [2.75, 3.05) is 0 Å². The standard InChI is InChI=1S/C12H10ClNO2/c1-8-6-10(3-4-11(8)15)14-7-9(13)2-5-12(14)16/h2-7,15H,1H3. The molecule has 16 heavy (non-hydrogen) atoms. The molecule has 0 fully saturated rings. The number of phenols is 1. The monoisotopic (exact) mass is 235 g/mol. The van der Waals surface area contributed by atoms with Gasteiger partial charge in [-0.25, -0.2) is 0 Å². The first kappa shape index (κ1) is 10.8. The van der Waals surface area contributed by atoms with Crippen molar-refractivity contribution in [1.29, 1.82) is 0 Å². The van der Waals surface area contributed by atoms with Gasteiger partial charge in [-0.2, -0.15) is 0 Å². The van der Waals surface area contributed by atoms with Gasteiger partial charge in [-0.1, -0.05) is 11.6 Å². The summed E-state index contributed by atoms with van der Waals surface area (Å²) in [7, 11) is 0. The van der Waals surface area contributed by atoms with E-state index in [2.05, 4.69) is 0 Å². The maximum atomic E-state index is 11.6. The van der Waals surface area contributed by atoms with Crippen LogP contribution < -0.4 is 5.56 Å². The Morgan fingerprint density at radius 2 is 2.00 bits per heavy atom. The maximum Gasteiger partial charge on any atom is 0.255 e. The normalized spacial score (nSPS) is 10.4. The summed E-state index contributed by atoms with van der Waals surface area (Å²) < 4.78 is 1.44. The Balaban J connectivity index is 2.63. The number of aromatic nitrogens is 1. The zero-order valence-electron chi connectivity index (χ0n) is 8.64. The number of pyridine rings is 1. The minimum atomic E-state index is -0.158. The molecule has 3 nitrogen and oxygen atoms in total. The second kappa shape index (κ2) is 4.02. The van der Waals surface area contributed by atoms with Gasteiger partial charge in [-0.3, -0.25) is 9.36 Å². The number of rotatable bonds is 1. The number of hydrogen-bond donors (Lipinski definition) is 1. The first-order chi connectivity index (χ1) is 7.58. The molecule has 2 rings (SSSR count). The Hall–Kier alpha value is -1.74. The average Bonchev–Trinajstić information content (AvgIpc) is 2.26. The highest BCUT2D eigenvalue weighted by atomic mass is 35.5. The molecule has 2 aromatic rings. The molecule has 0 aliphatic heterocycles. The Kier molecular flexibility index (Phi) is 2.71. The van der Waals surface area contributed by atoms with Crippen molar-refractivity contribution >= 4 is 11.6 Å². The van der Waals surface area contributed by atoms with Gasteiger partial charge in [0.05, 0.1) is 5.02 Å². The van der Waals surface area contributed by atoms with Crippen LogP contribution in [0.2, 0.25) is 5.02 Å². The molecule has 1 heterocycles. The molecule has 1 N–H and O–H groups in total. The van der Waals surface area contributed by atoms with Crippen LogP contribution in [-0.2, 0) is 0 Å². The Morgan fingerprint density at radius 1 is 1.25 bits per heavy atom. The lowest BCUT2D eigenvalue weighted by Crippen LogP contribution is -2.15. The Bertz CT molecular complexity index is 590. The Labute approximate surface area is 97.5 Å². The van der Waals surface area contributed by atoms with E-state index in [4.69, 9.17) is 11.6 Å². The topological polar surface area (TPSA) is 42.2 Å². The van der Waals surface area contributed by atoms with Crippen molar-refractivity contribution < 1.29 is 5.11 Å². The van der Waals surface area contributed by atoms with Crippen molar-refractivity contribution in [3.63, 3.8) is 0 Å². The molecule has 0 saturated heterocycles. The van der Waals surface area contributed by atoms with Gasteiger partial charge < -0.3 is 5.11 Å². The van der Waals surface area contributed by atoms with E-state index in [-0.39, 0.29) is 11.3 Å². The number of nitrogens with zero attached hydrogens (tertiary/aromatic N) is 1. The van der Waals surface area contributed by atoms with Crippen LogP contribution in [0.25, 0.3) is 5.69 Å². The molecule has 0 radical (unpaired) electrons. The molecule has 4 heteroatoms. The second-order valence-corrected chi connectivity index (χ2v) is 3.96. The lowest BCUT2D eigenvalue weighted by Gasteiger charge is -2.07. The molecule has 0 saturated carbocycles. The van der Waals surface area contributed by atoms with Gasteiger partial charge in [-0.05, 0) is 36.8 Å². The van der Waals surface area contributed by atoms with Crippen LogP contribution in [0.15, 0.2) is 41.3 Å². The molecule has 0 atom stereocenters. The first-order valence-corrected chi connectivity index (χ1v) is 5.14. The van der Waals surface area contributed by atoms with Crippen LogP contribution in [0, 0.1) is 6.92 Å². The SMILES string of the molecule is Cc1cc(-n2cc(Cl)ccc2=O)ccc1O. The van der Waals surface area contributed by atoms with Crippen molar-refractivity contribution in [2.45, 2.75) is 6.92 Å². The molecule has 0 aliphatic rings. The molecule has 1 aromatic heterocycles. The zero-order valence-corrected chi connectivity index (χ0v) is 9.40. The molecule has 0 aliphatic carbocycles. The summed E-state index contributed by atoms with van der Waals surface area (Å²) in [5, 5.41) is 9.89. The van der Waals surface area contributed by atoms with Gasteiger partial charge in [0.1, 0.15) is 5.75 Å². The van der Waals surface area contributed by atoms with E-state index in [1.54, 1.807) is 37.4 Å². The number of aromatic hydroxyl groups is 1. The fourth-order valence-electron chi connectivity index (χ4n) is 1.45. The van der Waals surface area contributed by atoms with Gasteiger partial charge in [0.25, 0.3) is 5.56 Å². The summed E-state index contributed by atoms with van der Waals surface area (Å²) in [4.78, 5) is 11.6. The molecule has 1 aromatic carbocycles. The summed E-state index contributed by atoms with van der Waals surface area (Å²) >= 11 is 5.83. The number of halogens is 1. The summed E-state index contributed by atoms with van der Waals surface area (Å²) in [6.07, 6.45) is 1.55. The van der Waals surface area contributed by atoms with E-state index in [1.807, 2.05) is 0 Å². The third kappa shape index (κ3) is 1.95. The molecular formula is C12H10ClNO2.